The van der Waals surface area contributed by atoms with Crippen LogP contribution in [0.4, 0.5) is 0 Å². The molecular formula is C14H14ClN3. The maximum atomic E-state index is 8.98. The standard InChI is InChI=1S/C14H14ClN3/c1-8-5-9(2)12(10(3)6-8)14-17-11(7-16)13(15)18(14)4/h5-6H,1-4H3. The summed E-state index contributed by atoms with van der Waals surface area (Å²) in [6, 6.07) is 6.23. The summed E-state index contributed by atoms with van der Waals surface area (Å²) in [7, 11) is 1.82. The Labute approximate surface area is 112 Å². The van der Waals surface area contributed by atoms with Crippen LogP contribution in [-0.2, 0) is 7.05 Å². The molecule has 0 unspecified atom stereocenters. The third-order valence-corrected chi connectivity index (χ3v) is 3.46. The number of aromatic nitrogens is 2. The Morgan fingerprint density at radius 2 is 1.78 bits per heavy atom. The number of halogens is 1. The van der Waals surface area contributed by atoms with Gasteiger partial charge in [-0.05, 0) is 31.9 Å². The second-order valence-electron chi connectivity index (χ2n) is 4.52. The Morgan fingerprint density at radius 3 is 2.22 bits per heavy atom. The Morgan fingerprint density at radius 1 is 1.22 bits per heavy atom. The lowest BCUT2D eigenvalue weighted by Gasteiger charge is -2.11. The predicted molar refractivity (Wildman–Crippen MR) is 72.6 cm³/mol. The second kappa shape index (κ2) is 4.47. The Balaban J connectivity index is 2.75. The molecule has 0 N–H and O–H groups in total. The average Bonchev–Trinajstić information content (AvgIpc) is 2.56. The molecule has 0 radical (unpaired) electrons. The molecule has 0 aliphatic rings. The molecule has 0 saturated heterocycles. The first kappa shape index (κ1) is 12.7. The van der Waals surface area contributed by atoms with Gasteiger partial charge in [-0.3, -0.25) is 0 Å². The van der Waals surface area contributed by atoms with E-state index in [4.69, 9.17) is 16.9 Å². The topological polar surface area (TPSA) is 41.6 Å². The fourth-order valence-corrected chi connectivity index (χ4v) is 2.47. The van der Waals surface area contributed by atoms with Crippen LogP contribution in [0.3, 0.4) is 0 Å². The van der Waals surface area contributed by atoms with Gasteiger partial charge in [0.1, 0.15) is 17.0 Å². The molecular weight excluding hydrogens is 246 g/mol. The summed E-state index contributed by atoms with van der Waals surface area (Å²) in [5.74, 6) is 0.742. The predicted octanol–water partition coefficient (Wildman–Crippen LogP) is 3.54. The lowest BCUT2D eigenvalue weighted by Crippen LogP contribution is -1.97. The van der Waals surface area contributed by atoms with Crippen LogP contribution in [0.2, 0.25) is 5.15 Å². The average molecular weight is 260 g/mol. The highest BCUT2D eigenvalue weighted by Crippen LogP contribution is 2.30. The number of rotatable bonds is 1. The van der Waals surface area contributed by atoms with Gasteiger partial charge < -0.3 is 4.57 Å². The summed E-state index contributed by atoms with van der Waals surface area (Å²) in [4.78, 5) is 4.32. The van der Waals surface area contributed by atoms with Crippen LogP contribution in [0.1, 0.15) is 22.4 Å². The van der Waals surface area contributed by atoms with Crippen molar-refractivity contribution in [3.8, 4) is 17.5 Å². The van der Waals surface area contributed by atoms with Gasteiger partial charge in [0.2, 0.25) is 0 Å². The quantitative estimate of drug-likeness (QED) is 0.786. The van der Waals surface area contributed by atoms with E-state index in [0.29, 0.717) is 5.15 Å². The van der Waals surface area contributed by atoms with Gasteiger partial charge in [0, 0.05) is 12.6 Å². The van der Waals surface area contributed by atoms with Gasteiger partial charge in [0.15, 0.2) is 5.69 Å². The number of hydrogen-bond donors (Lipinski definition) is 0. The maximum absolute atomic E-state index is 8.98. The number of nitriles is 1. The molecule has 18 heavy (non-hydrogen) atoms. The minimum absolute atomic E-state index is 0.272. The fourth-order valence-electron chi connectivity index (χ4n) is 2.31. The van der Waals surface area contributed by atoms with E-state index in [0.717, 1.165) is 22.5 Å². The lowest BCUT2D eigenvalue weighted by atomic mass is 9.99. The van der Waals surface area contributed by atoms with E-state index in [-0.39, 0.29) is 5.69 Å². The van der Waals surface area contributed by atoms with E-state index in [9.17, 15) is 0 Å². The van der Waals surface area contributed by atoms with Crippen LogP contribution in [0.15, 0.2) is 12.1 Å². The summed E-state index contributed by atoms with van der Waals surface area (Å²) in [5.41, 5.74) is 4.82. The second-order valence-corrected chi connectivity index (χ2v) is 4.88. The molecule has 0 aliphatic heterocycles. The largest absolute Gasteiger partial charge is 0.317 e. The van der Waals surface area contributed by atoms with Crippen molar-refractivity contribution in [2.45, 2.75) is 20.8 Å². The number of aryl methyl sites for hydroxylation is 3. The van der Waals surface area contributed by atoms with Crippen LogP contribution in [-0.4, -0.2) is 9.55 Å². The van der Waals surface area contributed by atoms with Crippen LogP contribution in [0, 0.1) is 32.1 Å². The van der Waals surface area contributed by atoms with Crippen molar-refractivity contribution in [1.82, 2.24) is 9.55 Å². The maximum Gasteiger partial charge on any atom is 0.178 e. The number of benzene rings is 1. The van der Waals surface area contributed by atoms with Gasteiger partial charge in [-0.25, -0.2) is 4.98 Å². The van der Waals surface area contributed by atoms with E-state index in [2.05, 4.69) is 24.0 Å². The molecule has 92 valence electrons. The molecule has 1 aromatic carbocycles. The summed E-state index contributed by atoms with van der Waals surface area (Å²) in [6.45, 7) is 6.16. The number of hydrogen-bond acceptors (Lipinski definition) is 2. The van der Waals surface area contributed by atoms with Crippen molar-refractivity contribution in [3.05, 3.63) is 39.7 Å². The molecule has 2 rings (SSSR count). The minimum Gasteiger partial charge on any atom is -0.317 e. The first-order valence-corrected chi connectivity index (χ1v) is 6.04. The number of nitrogens with zero attached hydrogens (tertiary/aromatic N) is 3. The van der Waals surface area contributed by atoms with Crippen LogP contribution in [0.5, 0.6) is 0 Å². The zero-order chi connectivity index (χ0) is 13.4. The molecule has 0 fully saturated rings. The SMILES string of the molecule is Cc1cc(C)c(-c2nc(C#N)c(Cl)n2C)c(C)c1. The zero-order valence-electron chi connectivity index (χ0n) is 10.9. The summed E-state index contributed by atoms with van der Waals surface area (Å²) in [6.07, 6.45) is 0. The highest BCUT2D eigenvalue weighted by atomic mass is 35.5. The van der Waals surface area contributed by atoms with E-state index in [1.807, 2.05) is 27.0 Å². The Kier molecular flexibility index (Phi) is 3.14. The van der Waals surface area contributed by atoms with Crippen molar-refractivity contribution < 1.29 is 0 Å². The zero-order valence-corrected chi connectivity index (χ0v) is 11.6. The van der Waals surface area contributed by atoms with Crippen LogP contribution < -0.4 is 0 Å². The molecule has 0 aliphatic carbocycles. The monoisotopic (exact) mass is 259 g/mol. The van der Waals surface area contributed by atoms with Crippen molar-refractivity contribution in [2.24, 2.45) is 7.05 Å². The Bertz CT molecular complexity index is 639. The molecule has 0 amide bonds. The van der Waals surface area contributed by atoms with Gasteiger partial charge in [-0.1, -0.05) is 29.3 Å². The van der Waals surface area contributed by atoms with Crippen molar-refractivity contribution in [3.63, 3.8) is 0 Å². The summed E-state index contributed by atoms with van der Waals surface area (Å²) >= 11 is 6.08. The van der Waals surface area contributed by atoms with Crippen molar-refractivity contribution in [1.29, 1.82) is 5.26 Å². The molecule has 4 heteroatoms. The van der Waals surface area contributed by atoms with Crippen molar-refractivity contribution in [2.75, 3.05) is 0 Å². The van der Waals surface area contributed by atoms with Gasteiger partial charge >= 0.3 is 0 Å². The van der Waals surface area contributed by atoms with Gasteiger partial charge in [0.25, 0.3) is 0 Å². The van der Waals surface area contributed by atoms with Crippen LogP contribution >= 0.6 is 11.6 Å². The highest BCUT2D eigenvalue weighted by molar-refractivity contribution is 6.30. The molecule has 2 aromatic rings. The lowest BCUT2D eigenvalue weighted by molar-refractivity contribution is 0.922. The molecule has 0 bridgehead atoms. The van der Waals surface area contributed by atoms with E-state index >= 15 is 0 Å². The number of imidazole rings is 1. The van der Waals surface area contributed by atoms with E-state index in [1.165, 1.54) is 5.56 Å². The van der Waals surface area contributed by atoms with E-state index in [1.54, 1.807) is 4.57 Å². The smallest absolute Gasteiger partial charge is 0.178 e. The molecule has 0 saturated carbocycles. The minimum atomic E-state index is 0.272. The van der Waals surface area contributed by atoms with Gasteiger partial charge in [0.05, 0.1) is 0 Å². The summed E-state index contributed by atoms with van der Waals surface area (Å²) in [5, 5.41) is 9.36. The van der Waals surface area contributed by atoms with Crippen molar-refractivity contribution >= 4 is 11.6 Å². The third kappa shape index (κ3) is 1.89. The molecule has 3 nitrogen and oxygen atoms in total. The van der Waals surface area contributed by atoms with Crippen LogP contribution in [0.25, 0.3) is 11.4 Å². The molecule has 0 atom stereocenters. The first-order chi connectivity index (χ1) is 8.45. The third-order valence-electron chi connectivity index (χ3n) is 3.03. The fraction of sp³-hybridized carbons (Fsp3) is 0.286. The first-order valence-electron chi connectivity index (χ1n) is 5.66. The summed E-state index contributed by atoms with van der Waals surface area (Å²) < 4.78 is 1.75. The molecule has 1 heterocycles. The normalized spacial score (nSPS) is 10.4. The highest BCUT2D eigenvalue weighted by Gasteiger charge is 2.17. The molecule has 1 aromatic heterocycles. The van der Waals surface area contributed by atoms with Gasteiger partial charge in [-0.15, -0.1) is 0 Å². The van der Waals surface area contributed by atoms with E-state index < -0.39 is 0 Å². The Hall–Kier alpha value is -1.79. The molecule has 0 spiro atoms. The van der Waals surface area contributed by atoms with Gasteiger partial charge in [-0.2, -0.15) is 5.26 Å².